The Balaban J connectivity index is 1.64. The first-order valence-electron chi connectivity index (χ1n) is 13.8. The molecule has 0 aliphatic heterocycles. The summed E-state index contributed by atoms with van der Waals surface area (Å²) in [7, 11) is 4.09. The van der Waals surface area contributed by atoms with E-state index in [1.165, 1.54) is 28.7 Å². The molecule has 0 saturated carbocycles. The zero-order valence-corrected chi connectivity index (χ0v) is 24.0. The number of nitrogens with zero attached hydrogens (tertiary/aromatic N) is 1. The molecule has 0 spiro atoms. The molecule has 3 aromatic rings. The molecule has 0 aromatic heterocycles. The third-order valence-corrected chi connectivity index (χ3v) is 6.89. The number of aryl methyl sites for hydroxylation is 1. The summed E-state index contributed by atoms with van der Waals surface area (Å²) in [6.07, 6.45) is 4.46. The summed E-state index contributed by atoms with van der Waals surface area (Å²) in [5.41, 5.74) is 7.08. The van der Waals surface area contributed by atoms with Gasteiger partial charge in [0.05, 0.1) is 5.41 Å². The molecule has 0 saturated heterocycles. The Labute approximate surface area is 233 Å². The van der Waals surface area contributed by atoms with Crippen molar-refractivity contribution in [3.8, 4) is 11.5 Å². The largest absolute Gasteiger partial charge is 0.492 e. The van der Waals surface area contributed by atoms with Crippen LogP contribution >= 0.6 is 0 Å². The van der Waals surface area contributed by atoms with Gasteiger partial charge in [-0.25, -0.2) is 0 Å². The van der Waals surface area contributed by atoms with E-state index in [9.17, 15) is 4.79 Å². The third kappa shape index (κ3) is 7.73. The highest BCUT2D eigenvalue weighted by Gasteiger charge is 2.23. The second-order valence-corrected chi connectivity index (χ2v) is 11.4. The van der Waals surface area contributed by atoms with E-state index in [0.29, 0.717) is 12.4 Å². The summed E-state index contributed by atoms with van der Waals surface area (Å²) in [5, 5.41) is 0. The van der Waals surface area contributed by atoms with Gasteiger partial charge in [-0.15, -0.1) is 0 Å². The first kappa shape index (κ1) is 28.4. The maximum atomic E-state index is 12.1. The minimum atomic E-state index is -0.559. The van der Waals surface area contributed by atoms with E-state index >= 15 is 0 Å². The lowest BCUT2D eigenvalue weighted by Gasteiger charge is -2.19. The molecule has 3 aromatic carbocycles. The maximum absolute atomic E-state index is 12.1. The number of esters is 1. The molecule has 1 aliphatic rings. The van der Waals surface area contributed by atoms with E-state index < -0.39 is 5.41 Å². The zero-order valence-electron chi connectivity index (χ0n) is 24.0. The van der Waals surface area contributed by atoms with Crippen LogP contribution in [-0.4, -0.2) is 44.9 Å². The summed E-state index contributed by atoms with van der Waals surface area (Å²) in [6.45, 7) is 6.90. The number of ether oxygens (including phenoxy) is 3. The van der Waals surface area contributed by atoms with Gasteiger partial charge in [-0.1, -0.05) is 48.5 Å². The molecule has 5 heteroatoms. The average molecular weight is 528 g/mol. The molecule has 0 atom stereocenters. The number of hydrogen-bond acceptors (Lipinski definition) is 5. The highest BCUT2D eigenvalue weighted by atomic mass is 16.7. The van der Waals surface area contributed by atoms with Crippen molar-refractivity contribution in [1.29, 1.82) is 0 Å². The lowest BCUT2D eigenvalue weighted by atomic mass is 9.86. The zero-order chi connectivity index (χ0) is 27.8. The highest BCUT2D eigenvalue weighted by molar-refractivity contribution is 5.99. The Kier molecular flexibility index (Phi) is 9.47. The molecule has 206 valence electrons. The second-order valence-electron chi connectivity index (χ2n) is 11.4. The topological polar surface area (TPSA) is 48.0 Å². The van der Waals surface area contributed by atoms with Gasteiger partial charge in [-0.3, -0.25) is 4.79 Å². The third-order valence-electron chi connectivity index (χ3n) is 6.89. The normalized spacial score (nSPS) is 14.8. The van der Waals surface area contributed by atoms with Gasteiger partial charge >= 0.3 is 5.97 Å². The smallest absolute Gasteiger partial charge is 0.314 e. The Morgan fingerprint density at radius 3 is 2.00 bits per heavy atom. The van der Waals surface area contributed by atoms with Crippen LogP contribution in [0.3, 0.4) is 0 Å². The SMILES string of the molecule is CN(C)CCOc1ccc(C(=C2CCCCc3ccccc32)c2ccc(OCOC(=O)C(C)(C)C)cc2)cc1. The molecular formula is C34H41NO4. The van der Waals surface area contributed by atoms with Gasteiger partial charge in [-0.05, 0) is 118 Å². The quantitative estimate of drug-likeness (QED) is 0.167. The fourth-order valence-electron chi connectivity index (χ4n) is 4.71. The van der Waals surface area contributed by atoms with Crippen molar-refractivity contribution in [1.82, 2.24) is 4.90 Å². The number of benzene rings is 3. The predicted molar refractivity (Wildman–Crippen MR) is 158 cm³/mol. The molecule has 39 heavy (non-hydrogen) atoms. The average Bonchev–Trinajstić information content (AvgIpc) is 3.12. The van der Waals surface area contributed by atoms with Crippen molar-refractivity contribution < 1.29 is 19.0 Å². The molecule has 0 bridgehead atoms. The van der Waals surface area contributed by atoms with Crippen molar-refractivity contribution in [3.05, 3.63) is 95.1 Å². The predicted octanol–water partition coefficient (Wildman–Crippen LogP) is 7.24. The van der Waals surface area contributed by atoms with Gasteiger partial charge in [0.2, 0.25) is 6.79 Å². The van der Waals surface area contributed by atoms with Crippen molar-refractivity contribution in [3.63, 3.8) is 0 Å². The number of carbonyl (C=O) groups is 1. The van der Waals surface area contributed by atoms with Crippen LogP contribution in [0.4, 0.5) is 0 Å². The fourth-order valence-corrected chi connectivity index (χ4v) is 4.71. The Hall–Kier alpha value is -3.57. The van der Waals surface area contributed by atoms with Gasteiger partial charge in [0, 0.05) is 6.54 Å². The lowest BCUT2D eigenvalue weighted by Crippen LogP contribution is -2.24. The number of likely N-dealkylation sites (N-methyl/N-ethyl adjacent to an activating group) is 1. The van der Waals surface area contributed by atoms with Crippen LogP contribution in [-0.2, 0) is 16.0 Å². The second kappa shape index (κ2) is 13.0. The van der Waals surface area contributed by atoms with Crippen molar-refractivity contribution in [2.24, 2.45) is 5.41 Å². The van der Waals surface area contributed by atoms with Crippen molar-refractivity contribution in [2.45, 2.75) is 46.5 Å². The first-order valence-corrected chi connectivity index (χ1v) is 13.8. The van der Waals surface area contributed by atoms with E-state index in [-0.39, 0.29) is 12.8 Å². The molecule has 0 heterocycles. The molecule has 0 radical (unpaired) electrons. The van der Waals surface area contributed by atoms with Crippen LogP contribution < -0.4 is 9.47 Å². The van der Waals surface area contributed by atoms with Crippen LogP contribution in [0.15, 0.2) is 72.8 Å². The van der Waals surface area contributed by atoms with Crippen LogP contribution in [0.2, 0.25) is 0 Å². The van der Waals surface area contributed by atoms with Crippen LogP contribution in [0.25, 0.3) is 11.1 Å². The number of allylic oxidation sites excluding steroid dienone is 1. The van der Waals surface area contributed by atoms with Gasteiger partial charge in [0.15, 0.2) is 0 Å². The Bertz CT molecular complexity index is 1270. The number of rotatable bonds is 9. The summed E-state index contributed by atoms with van der Waals surface area (Å²) < 4.78 is 17.0. The minimum Gasteiger partial charge on any atom is -0.492 e. The standard InChI is InChI=1S/C34H41NO4/c1-34(2,3)33(36)39-24-38-29-20-16-27(17-21-29)32(26-14-18-28(19-15-26)37-23-22-35(4)5)31-13-9-7-11-25-10-6-8-12-30(25)31/h6,8,10,12,14-21H,7,9,11,13,22-24H2,1-5H3. The number of fused-ring (bicyclic) bond motifs is 1. The van der Waals surface area contributed by atoms with E-state index in [1.807, 2.05) is 47.0 Å². The summed E-state index contributed by atoms with van der Waals surface area (Å²) >= 11 is 0. The molecular weight excluding hydrogens is 486 g/mol. The van der Waals surface area contributed by atoms with Gasteiger partial charge in [-0.2, -0.15) is 0 Å². The number of hydrogen-bond donors (Lipinski definition) is 0. The maximum Gasteiger partial charge on any atom is 0.314 e. The molecule has 5 nitrogen and oxygen atoms in total. The van der Waals surface area contributed by atoms with Gasteiger partial charge in [0.25, 0.3) is 0 Å². The van der Waals surface area contributed by atoms with Gasteiger partial charge in [0.1, 0.15) is 18.1 Å². The molecule has 0 N–H and O–H groups in total. The van der Waals surface area contributed by atoms with Crippen molar-refractivity contribution in [2.75, 3.05) is 34.0 Å². The van der Waals surface area contributed by atoms with E-state index in [4.69, 9.17) is 14.2 Å². The van der Waals surface area contributed by atoms with Crippen molar-refractivity contribution >= 4 is 17.1 Å². The van der Waals surface area contributed by atoms with E-state index in [1.54, 1.807) is 0 Å². The lowest BCUT2D eigenvalue weighted by molar-refractivity contribution is -0.159. The molecule has 0 amide bonds. The summed E-state index contributed by atoms with van der Waals surface area (Å²) in [4.78, 5) is 14.2. The van der Waals surface area contributed by atoms with Gasteiger partial charge < -0.3 is 19.1 Å². The minimum absolute atomic E-state index is 0.105. The van der Waals surface area contributed by atoms with Crippen LogP contribution in [0, 0.1) is 5.41 Å². The fraction of sp³-hybridized carbons (Fsp3) is 0.382. The Morgan fingerprint density at radius 1 is 0.795 bits per heavy atom. The summed E-state index contributed by atoms with van der Waals surface area (Å²) in [5.74, 6) is 1.25. The Morgan fingerprint density at radius 2 is 1.38 bits per heavy atom. The summed E-state index contributed by atoms with van der Waals surface area (Å²) in [6, 6.07) is 25.3. The molecule has 0 unspecified atom stereocenters. The molecule has 1 aliphatic carbocycles. The highest BCUT2D eigenvalue weighted by Crippen LogP contribution is 2.39. The first-order chi connectivity index (χ1) is 18.7. The number of carbonyl (C=O) groups excluding carboxylic acids is 1. The molecule has 0 fully saturated rings. The monoisotopic (exact) mass is 527 g/mol. The van der Waals surface area contributed by atoms with E-state index in [2.05, 4.69) is 65.6 Å². The van der Waals surface area contributed by atoms with Crippen LogP contribution in [0.1, 0.15) is 62.3 Å². The molecule has 4 rings (SSSR count). The van der Waals surface area contributed by atoms with E-state index in [0.717, 1.165) is 42.7 Å². The van der Waals surface area contributed by atoms with Crippen LogP contribution in [0.5, 0.6) is 11.5 Å².